The summed E-state index contributed by atoms with van der Waals surface area (Å²) >= 11 is 0. The van der Waals surface area contributed by atoms with Gasteiger partial charge >= 0.3 is 0 Å². The van der Waals surface area contributed by atoms with Gasteiger partial charge in [0.2, 0.25) is 0 Å². The molecule has 2 saturated heterocycles. The number of amides is 1. The van der Waals surface area contributed by atoms with Crippen LogP contribution in [0.4, 0.5) is 0 Å². The molecule has 1 atom stereocenters. The summed E-state index contributed by atoms with van der Waals surface area (Å²) in [4.78, 5) is 17.8. The van der Waals surface area contributed by atoms with E-state index in [1.807, 2.05) is 30.3 Å². The van der Waals surface area contributed by atoms with Crippen LogP contribution in [0.3, 0.4) is 0 Å². The topological polar surface area (TPSA) is 54.0 Å². The summed E-state index contributed by atoms with van der Waals surface area (Å²) < 4.78 is 10.7. The Morgan fingerprint density at radius 1 is 1.06 bits per heavy atom. The zero-order valence-corrected chi connectivity index (χ0v) is 18.4. The van der Waals surface area contributed by atoms with Crippen molar-refractivity contribution >= 4 is 5.91 Å². The maximum Gasteiger partial charge on any atom is 0.251 e. The summed E-state index contributed by atoms with van der Waals surface area (Å²) in [6.45, 7) is 7.03. The van der Waals surface area contributed by atoms with Gasteiger partial charge < -0.3 is 14.8 Å². The summed E-state index contributed by atoms with van der Waals surface area (Å²) in [5.41, 5.74) is 3.10. The third-order valence-electron chi connectivity index (χ3n) is 6.24. The fourth-order valence-corrected chi connectivity index (χ4v) is 4.46. The highest BCUT2D eigenvalue weighted by molar-refractivity contribution is 5.94. The number of hydrogen-bond acceptors (Lipinski definition) is 5. The largest absolute Gasteiger partial charge is 0.497 e. The van der Waals surface area contributed by atoms with Crippen molar-refractivity contribution in [3.05, 3.63) is 65.2 Å². The summed E-state index contributed by atoms with van der Waals surface area (Å²) in [7, 11) is 1.68. The number of rotatable bonds is 8. The number of hydrogen-bond donors (Lipinski definition) is 1. The van der Waals surface area contributed by atoms with Gasteiger partial charge in [-0.15, -0.1) is 0 Å². The Kier molecular flexibility index (Phi) is 7.57. The van der Waals surface area contributed by atoms with Crippen LogP contribution in [-0.2, 0) is 11.3 Å². The van der Waals surface area contributed by atoms with Gasteiger partial charge in [0.25, 0.3) is 5.91 Å². The standard InChI is InChI=1S/C25H33N3O3/c1-30-23-9-7-21(8-10-23)24(28-11-2-3-12-28)18-26-25(29)22-6-4-5-20(17-22)19-27-13-15-31-16-14-27/h4-10,17,24H,2-3,11-16,18-19H2,1H3,(H,26,29). The predicted octanol–water partition coefficient (Wildman–Crippen LogP) is 3.09. The second kappa shape index (κ2) is 10.8. The first-order chi connectivity index (χ1) is 15.2. The lowest BCUT2D eigenvalue weighted by molar-refractivity contribution is 0.0342. The molecule has 1 N–H and O–H groups in total. The number of morpholine rings is 1. The van der Waals surface area contributed by atoms with E-state index in [-0.39, 0.29) is 11.9 Å². The Hall–Kier alpha value is -2.41. The highest BCUT2D eigenvalue weighted by Gasteiger charge is 2.24. The van der Waals surface area contributed by atoms with Crippen LogP contribution < -0.4 is 10.1 Å². The van der Waals surface area contributed by atoms with Crippen LogP contribution in [-0.4, -0.2) is 68.8 Å². The molecule has 166 valence electrons. The van der Waals surface area contributed by atoms with E-state index in [0.29, 0.717) is 6.54 Å². The van der Waals surface area contributed by atoms with Crippen LogP contribution in [0, 0.1) is 0 Å². The van der Waals surface area contributed by atoms with Crippen molar-refractivity contribution in [3.63, 3.8) is 0 Å². The van der Waals surface area contributed by atoms with E-state index in [1.54, 1.807) is 7.11 Å². The van der Waals surface area contributed by atoms with E-state index in [2.05, 4.69) is 33.3 Å². The van der Waals surface area contributed by atoms with Gasteiger partial charge in [-0.25, -0.2) is 0 Å². The highest BCUT2D eigenvalue weighted by atomic mass is 16.5. The van der Waals surface area contributed by atoms with Crippen LogP contribution in [0.15, 0.2) is 48.5 Å². The molecule has 0 radical (unpaired) electrons. The first-order valence-corrected chi connectivity index (χ1v) is 11.3. The number of carbonyl (C=O) groups excluding carboxylic acids is 1. The van der Waals surface area contributed by atoms with Crippen LogP contribution in [0.5, 0.6) is 5.75 Å². The maximum absolute atomic E-state index is 13.0. The molecule has 1 unspecified atom stereocenters. The van der Waals surface area contributed by atoms with E-state index in [4.69, 9.17) is 9.47 Å². The van der Waals surface area contributed by atoms with Crippen LogP contribution >= 0.6 is 0 Å². The van der Waals surface area contributed by atoms with Gasteiger partial charge in [0, 0.05) is 31.7 Å². The molecule has 0 aromatic heterocycles. The third kappa shape index (κ3) is 5.85. The van der Waals surface area contributed by atoms with Crippen molar-refractivity contribution in [3.8, 4) is 5.75 Å². The molecule has 0 saturated carbocycles. The van der Waals surface area contributed by atoms with Gasteiger partial charge in [0.05, 0.1) is 26.4 Å². The molecule has 0 spiro atoms. The smallest absolute Gasteiger partial charge is 0.251 e. The molecular formula is C25H33N3O3. The minimum atomic E-state index is -0.0125. The molecular weight excluding hydrogens is 390 g/mol. The number of likely N-dealkylation sites (tertiary alicyclic amines) is 1. The quantitative estimate of drug-likeness (QED) is 0.707. The van der Waals surface area contributed by atoms with Gasteiger partial charge in [-0.1, -0.05) is 24.3 Å². The zero-order chi connectivity index (χ0) is 21.5. The van der Waals surface area contributed by atoms with Crippen LogP contribution in [0.2, 0.25) is 0 Å². The van der Waals surface area contributed by atoms with Crippen molar-refractivity contribution in [2.24, 2.45) is 0 Å². The molecule has 2 aromatic carbocycles. The van der Waals surface area contributed by atoms with E-state index in [0.717, 1.165) is 57.3 Å². The van der Waals surface area contributed by atoms with Crippen molar-refractivity contribution in [2.75, 3.05) is 53.0 Å². The van der Waals surface area contributed by atoms with E-state index in [1.165, 1.54) is 24.0 Å². The summed E-state index contributed by atoms with van der Waals surface area (Å²) in [6.07, 6.45) is 2.42. The molecule has 2 fully saturated rings. The lowest BCUT2D eigenvalue weighted by Crippen LogP contribution is -2.37. The van der Waals surface area contributed by atoms with Crippen molar-refractivity contribution in [2.45, 2.75) is 25.4 Å². The van der Waals surface area contributed by atoms with Crippen molar-refractivity contribution in [1.82, 2.24) is 15.1 Å². The van der Waals surface area contributed by atoms with Crippen LogP contribution in [0.1, 0.15) is 40.4 Å². The normalized spacial score (nSPS) is 18.6. The minimum absolute atomic E-state index is 0.0125. The molecule has 0 aliphatic carbocycles. The minimum Gasteiger partial charge on any atom is -0.497 e. The monoisotopic (exact) mass is 423 g/mol. The summed E-state index contributed by atoms with van der Waals surface area (Å²) in [5, 5.41) is 3.19. The second-order valence-electron chi connectivity index (χ2n) is 8.33. The lowest BCUT2D eigenvalue weighted by atomic mass is 10.0. The predicted molar refractivity (Wildman–Crippen MR) is 121 cm³/mol. The number of carbonyl (C=O) groups is 1. The number of ether oxygens (including phenoxy) is 2. The average Bonchev–Trinajstić information content (AvgIpc) is 3.35. The second-order valence-corrected chi connectivity index (χ2v) is 8.33. The Morgan fingerprint density at radius 3 is 2.52 bits per heavy atom. The molecule has 2 heterocycles. The van der Waals surface area contributed by atoms with Gasteiger partial charge in [0.1, 0.15) is 5.75 Å². The number of benzene rings is 2. The average molecular weight is 424 g/mol. The Labute approximate surface area is 185 Å². The fourth-order valence-electron chi connectivity index (χ4n) is 4.46. The van der Waals surface area contributed by atoms with Gasteiger partial charge in [-0.05, 0) is 61.3 Å². The van der Waals surface area contributed by atoms with Crippen LogP contribution in [0.25, 0.3) is 0 Å². The number of methoxy groups -OCH3 is 1. The van der Waals surface area contributed by atoms with E-state index < -0.39 is 0 Å². The van der Waals surface area contributed by atoms with Gasteiger partial charge in [0.15, 0.2) is 0 Å². The van der Waals surface area contributed by atoms with Gasteiger partial charge in [-0.2, -0.15) is 0 Å². The van der Waals surface area contributed by atoms with Crippen molar-refractivity contribution in [1.29, 1.82) is 0 Å². The maximum atomic E-state index is 13.0. The first-order valence-electron chi connectivity index (χ1n) is 11.3. The molecule has 2 aliphatic heterocycles. The molecule has 2 aromatic rings. The molecule has 31 heavy (non-hydrogen) atoms. The molecule has 6 heteroatoms. The summed E-state index contributed by atoms with van der Waals surface area (Å²) in [6, 6.07) is 16.4. The first kappa shape index (κ1) is 21.8. The molecule has 1 amide bonds. The lowest BCUT2D eigenvalue weighted by Gasteiger charge is -2.28. The SMILES string of the molecule is COc1ccc(C(CNC(=O)c2cccc(CN3CCOCC3)c2)N2CCCC2)cc1. The third-order valence-corrected chi connectivity index (χ3v) is 6.24. The fraction of sp³-hybridized carbons (Fsp3) is 0.480. The Bertz CT molecular complexity index is 843. The van der Waals surface area contributed by atoms with Crippen molar-refractivity contribution < 1.29 is 14.3 Å². The highest BCUT2D eigenvalue weighted by Crippen LogP contribution is 2.26. The molecule has 2 aliphatic rings. The molecule has 6 nitrogen and oxygen atoms in total. The van der Waals surface area contributed by atoms with Gasteiger partial charge in [-0.3, -0.25) is 14.6 Å². The Morgan fingerprint density at radius 2 is 1.81 bits per heavy atom. The number of nitrogens with one attached hydrogen (secondary N) is 1. The van der Waals surface area contributed by atoms with E-state index >= 15 is 0 Å². The van der Waals surface area contributed by atoms with E-state index in [9.17, 15) is 4.79 Å². The molecule has 0 bridgehead atoms. The zero-order valence-electron chi connectivity index (χ0n) is 18.4. The Balaban J connectivity index is 1.40. The summed E-state index contributed by atoms with van der Waals surface area (Å²) in [5.74, 6) is 0.839. The number of nitrogens with zero attached hydrogens (tertiary/aromatic N) is 2. The molecule has 4 rings (SSSR count).